The van der Waals surface area contributed by atoms with Crippen LogP contribution in [0.2, 0.25) is 0 Å². The molecule has 1 heterocycles. The van der Waals surface area contributed by atoms with Crippen molar-refractivity contribution in [2.45, 2.75) is 39.5 Å². The number of ether oxygens (including phenoxy) is 3. The van der Waals surface area contributed by atoms with E-state index in [9.17, 15) is 4.79 Å². The number of nitrogens with one attached hydrogen (secondary N) is 1. The van der Waals surface area contributed by atoms with Crippen molar-refractivity contribution in [3.8, 4) is 28.6 Å². The normalized spacial score (nSPS) is 10.6. The van der Waals surface area contributed by atoms with Gasteiger partial charge < -0.3 is 24.1 Å². The van der Waals surface area contributed by atoms with Crippen molar-refractivity contribution in [1.29, 1.82) is 0 Å². The second-order valence-electron chi connectivity index (χ2n) is 7.51. The third-order valence-electron chi connectivity index (χ3n) is 5.11. The molecule has 3 rings (SSSR count). The van der Waals surface area contributed by atoms with Gasteiger partial charge in [-0.25, -0.2) is 0 Å². The van der Waals surface area contributed by atoms with Gasteiger partial charge in [-0.2, -0.15) is 0 Å². The van der Waals surface area contributed by atoms with E-state index in [1.54, 1.807) is 7.11 Å². The maximum absolute atomic E-state index is 12.2. The van der Waals surface area contributed by atoms with E-state index < -0.39 is 0 Å². The minimum absolute atomic E-state index is 0.0323. The molecule has 176 valence electrons. The predicted molar refractivity (Wildman–Crippen MR) is 127 cm³/mol. The molecule has 0 spiro atoms. The SMILES string of the molecule is CCOc1ccc(CCNC(=O)CCCc2cc(-c3ccc(OC)cc3)on2)cc1OCC. The maximum atomic E-state index is 12.2. The Hall–Kier alpha value is -3.48. The fourth-order valence-electron chi connectivity index (χ4n) is 3.44. The van der Waals surface area contributed by atoms with Gasteiger partial charge in [0.2, 0.25) is 5.91 Å². The zero-order valence-corrected chi connectivity index (χ0v) is 19.6. The van der Waals surface area contributed by atoms with E-state index in [1.165, 1.54) is 0 Å². The molecule has 1 aromatic heterocycles. The zero-order chi connectivity index (χ0) is 23.5. The van der Waals surface area contributed by atoms with Crippen LogP contribution in [0.1, 0.15) is 37.9 Å². The zero-order valence-electron chi connectivity index (χ0n) is 19.6. The minimum atomic E-state index is 0.0323. The maximum Gasteiger partial charge on any atom is 0.220 e. The topological polar surface area (TPSA) is 82.8 Å². The Morgan fingerprint density at radius 1 is 0.970 bits per heavy atom. The van der Waals surface area contributed by atoms with Crippen LogP contribution in [0.4, 0.5) is 0 Å². The van der Waals surface area contributed by atoms with Crippen molar-refractivity contribution in [3.05, 3.63) is 59.8 Å². The number of hydrogen-bond acceptors (Lipinski definition) is 6. The number of nitrogens with zero attached hydrogens (tertiary/aromatic N) is 1. The third-order valence-corrected chi connectivity index (χ3v) is 5.11. The summed E-state index contributed by atoms with van der Waals surface area (Å²) in [4.78, 5) is 12.2. The number of amides is 1. The van der Waals surface area contributed by atoms with Crippen molar-refractivity contribution >= 4 is 5.91 Å². The molecule has 33 heavy (non-hydrogen) atoms. The Labute approximate surface area is 195 Å². The summed E-state index contributed by atoms with van der Waals surface area (Å²) in [6.07, 6.45) is 2.56. The number of carbonyl (C=O) groups is 1. The Bertz CT molecular complexity index is 1010. The number of methoxy groups -OCH3 is 1. The van der Waals surface area contributed by atoms with Crippen molar-refractivity contribution in [2.75, 3.05) is 26.9 Å². The van der Waals surface area contributed by atoms with E-state index in [1.807, 2.05) is 62.4 Å². The van der Waals surface area contributed by atoms with E-state index in [4.69, 9.17) is 18.7 Å². The highest BCUT2D eigenvalue weighted by molar-refractivity contribution is 5.75. The molecule has 0 atom stereocenters. The highest BCUT2D eigenvalue weighted by Crippen LogP contribution is 2.28. The fraction of sp³-hybridized carbons (Fsp3) is 0.385. The molecule has 0 aliphatic heterocycles. The van der Waals surface area contributed by atoms with Gasteiger partial charge in [-0.1, -0.05) is 11.2 Å². The molecule has 0 saturated carbocycles. The first kappa shape index (κ1) is 24.2. The Morgan fingerprint density at radius 3 is 2.45 bits per heavy atom. The van der Waals surface area contributed by atoms with Crippen LogP contribution in [0.25, 0.3) is 11.3 Å². The van der Waals surface area contributed by atoms with Crippen LogP contribution in [0.5, 0.6) is 17.2 Å². The minimum Gasteiger partial charge on any atom is -0.497 e. The molecule has 0 aliphatic carbocycles. The molecule has 2 aromatic carbocycles. The molecule has 1 amide bonds. The Kier molecular flexibility index (Phi) is 9.18. The standard InChI is InChI=1S/C26H32N2O5/c1-4-31-23-14-9-19(17-25(23)32-5-2)15-16-27-26(29)8-6-7-21-18-24(33-28-21)20-10-12-22(30-3)13-11-20/h9-14,17-18H,4-8,15-16H2,1-3H3,(H,27,29). The molecular formula is C26H32N2O5. The van der Waals surface area contributed by atoms with Crippen LogP contribution >= 0.6 is 0 Å². The summed E-state index contributed by atoms with van der Waals surface area (Å²) in [5.74, 6) is 3.02. The molecule has 1 N–H and O–H groups in total. The van der Waals surface area contributed by atoms with E-state index in [0.717, 1.165) is 40.5 Å². The first-order chi connectivity index (χ1) is 16.1. The Morgan fingerprint density at radius 2 is 1.73 bits per heavy atom. The summed E-state index contributed by atoms with van der Waals surface area (Å²) in [6, 6.07) is 15.4. The smallest absolute Gasteiger partial charge is 0.220 e. The lowest BCUT2D eigenvalue weighted by molar-refractivity contribution is -0.121. The average Bonchev–Trinajstić information content (AvgIpc) is 3.30. The summed E-state index contributed by atoms with van der Waals surface area (Å²) in [7, 11) is 1.64. The van der Waals surface area contributed by atoms with Crippen LogP contribution in [-0.4, -0.2) is 37.9 Å². The lowest BCUT2D eigenvalue weighted by atomic mass is 10.1. The second-order valence-corrected chi connectivity index (χ2v) is 7.51. The molecule has 7 nitrogen and oxygen atoms in total. The number of rotatable bonds is 13. The molecule has 3 aromatic rings. The van der Waals surface area contributed by atoms with Crippen molar-refractivity contribution < 1.29 is 23.5 Å². The van der Waals surface area contributed by atoms with E-state index in [0.29, 0.717) is 44.8 Å². The van der Waals surface area contributed by atoms with Gasteiger partial charge in [-0.15, -0.1) is 0 Å². The van der Waals surface area contributed by atoms with Crippen LogP contribution in [-0.2, 0) is 17.6 Å². The van der Waals surface area contributed by atoms with Crippen molar-refractivity contribution in [3.63, 3.8) is 0 Å². The molecule has 0 radical (unpaired) electrons. The van der Waals surface area contributed by atoms with Gasteiger partial charge >= 0.3 is 0 Å². The number of carbonyl (C=O) groups excluding carboxylic acids is 1. The van der Waals surface area contributed by atoms with Crippen LogP contribution < -0.4 is 19.5 Å². The second kappa shape index (κ2) is 12.5. The average molecular weight is 453 g/mol. The lowest BCUT2D eigenvalue weighted by Crippen LogP contribution is -2.25. The van der Waals surface area contributed by atoms with E-state index >= 15 is 0 Å². The summed E-state index contributed by atoms with van der Waals surface area (Å²) < 4.78 is 21.9. The van der Waals surface area contributed by atoms with Gasteiger partial charge in [0.1, 0.15) is 5.75 Å². The molecular weight excluding hydrogens is 420 g/mol. The first-order valence-corrected chi connectivity index (χ1v) is 11.4. The number of hydrogen-bond donors (Lipinski definition) is 1. The summed E-state index contributed by atoms with van der Waals surface area (Å²) in [5.41, 5.74) is 2.87. The van der Waals surface area contributed by atoms with Crippen molar-refractivity contribution in [1.82, 2.24) is 10.5 Å². The lowest BCUT2D eigenvalue weighted by Gasteiger charge is -2.12. The first-order valence-electron chi connectivity index (χ1n) is 11.4. The van der Waals surface area contributed by atoms with E-state index in [2.05, 4.69) is 10.5 Å². The van der Waals surface area contributed by atoms with Crippen LogP contribution in [0.15, 0.2) is 53.1 Å². The van der Waals surface area contributed by atoms with Gasteiger partial charge in [0.15, 0.2) is 17.3 Å². The molecule has 7 heteroatoms. The highest BCUT2D eigenvalue weighted by Gasteiger charge is 2.09. The summed E-state index contributed by atoms with van der Waals surface area (Å²) >= 11 is 0. The predicted octanol–water partition coefficient (Wildman–Crippen LogP) is 4.83. The van der Waals surface area contributed by atoms with Gasteiger partial charge in [0, 0.05) is 24.6 Å². The molecule has 0 unspecified atom stereocenters. The summed E-state index contributed by atoms with van der Waals surface area (Å²) in [5, 5.41) is 7.10. The van der Waals surface area contributed by atoms with Gasteiger partial charge in [-0.05, 0) is 75.1 Å². The monoisotopic (exact) mass is 452 g/mol. The van der Waals surface area contributed by atoms with E-state index in [-0.39, 0.29) is 5.91 Å². The van der Waals surface area contributed by atoms with Gasteiger partial charge in [0.05, 0.1) is 26.0 Å². The van der Waals surface area contributed by atoms with Crippen LogP contribution in [0.3, 0.4) is 0 Å². The highest BCUT2D eigenvalue weighted by atomic mass is 16.5. The molecule has 0 saturated heterocycles. The molecule has 0 bridgehead atoms. The largest absolute Gasteiger partial charge is 0.497 e. The summed E-state index contributed by atoms with van der Waals surface area (Å²) in [6.45, 7) is 5.63. The number of benzene rings is 2. The molecule has 0 aliphatic rings. The quantitative estimate of drug-likeness (QED) is 0.400. The Balaban J connectivity index is 1.39. The van der Waals surface area contributed by atoms with Crippen LogP contribution in [0, 0.1) is 0 Å². The van der Waals surface area contributed by atoms with Gasteiger partial charge in [-0.3, -0.25) is 4.79 Å². The van der Waals surface area contributed by atoms with Gasteiger partial charge in [0.25, 0.3) is 0 Å². The number of aromatic nitrogens is 1. The number of aryl methyl sites for hydroxylation is 1. The fourth-order valence-corrected chi connectivity index (χ4v) is 3.44. The molecule has 0 fully saturated rings. The third kappa shape index (κ3) is 7.27. The van der Waals surface area contributed by atoms with Crippen molar-refractivity contribution in [2.24, 2.45) is 0 Å².